The van der Waals surface area contributed by atoms with Crippen molar-refractivity contribution in [1.82, 2.24) is 4.90 Å². The van der Waals surface area contributed by atoms with E-state index in [9.17, 15) is 0 Å². The fraction of sp³-hybridized carbons (Fsp3) is 0.923. The molecule has 0 radical (unpaired) electrons. The molecule has 3 heteroatoms. The van der Waals surface area contributed by atoms with E-state index in [1.54, 1.807) is 0 Å². The van der Waals surface area contributed by atoms with Crippen LogP contribution in [-0.4, -0.2) is 21.3 Å². The van der Waals surface area contributed by atoms with Crippen LogP contribution in [0.3, 0.4) is 0 Å². The SMILES string of the molecule is CC(C)C[C@@H](C)N(C(=S)S)[C@H](C)CC(C)C. The van der Waals surface area contributed by atoms with E-state index in [2.05, 4.69) is 59.1 Å². The van der Waals surface area contributed by atoms with Crippen LogP contribution in [0, 0.1) is 11.8 Å². The van der Waals surface area contributed by atoms with Crippen molar-refractivity contribution < 1.29 is 0 Å². The summed E-state index contributed by atoms with van der Waals surface area (Å²) in [7, 11) is 0. The van der Waals surface area contributed by atoms with E-state index in [4.69, 9.17) is 12.2 Å². The van der Waals surface area contributed by atoms with Crippen LogP contribution in [0.2, 0.25) is 0 Å². The molecular weight excluding hydrogens is 234 g/mol. The zero-order valence-corrected chi connectivity index (χ0v) is 13.2. The van der Waals surface area contributed by atoms with Gasteiger partial charge in [0.05, 0.1) is 0 Å². The first-order valence-corrected chi connectivity index (χ1v) is 7.12. The van der Waals surface area contributed by atoms with Crippen LogP contribution in [0.1, 0.15) is 54.4 Å². The van der Waals surface area contributed by atoms with Gasteiger partial charge in [-0.05, 0) is 38.5 Å². The van der Waals surface area contributed by atoms with Crippen LogP contribution in [0.25, 0.3) is 0 Å². The van der Waals surface area contributed by atoms with Crippen LogP contribution >= 0.6 is 24.8 Å². The molecule has 0 aliphatic carbocycles. The Morgan fingerprint density at radius 1 is 0.938 bits per heavy atom. The van der Waals surface area contributed by atoms with Crippen LogP contribution < -0.4 is 0 Å². The number of hydrogen-bond acceptors (Lipinski definition) is 1. The Balaban J connectivity index is 4.53. The molecule has 0 aliphatic rings. The first kappa shape index (κ1) is 16.2. The molecule has 0 heterocycles. The standard InChI is InChI=1S/C13H27NS2/c1-9(2)7-11(5)14(13(15)16)12(6)8-10(3)4/h9-12H,7-8H2,1-6H3,(H,15,16)/t11-,12-/m1/s1. The van der Waals surface area contributed by atoms with Gasteiger partial charge in [-0.3, -0.25) is 0 Å². The van der Waals surface area contributed by atoms with Gasteiger partial charge < -0.3 is 4.90 Å². The summed E-state index contributed by atoms with van der Waals surface area (Å²) in [5.41, 5.74) is 0. The third kappa shape index (κ3) is 6.09. The zero-order valence-electron chi connectivity index (χ0n) is 11.5. The van der Waals surface area contributed by atoms with Gasteiger partial charge in [-0.25, -0.2) is 0 Å². The normalized spacial score (nSPS) is 15.3. The first-order chi connectivity index (χ1) is 7.25. The molecule has 0 amide bonds. The van der Waals surface area contributed by atoms with Crippen molar-refractivity contribution in [3.8, 4) is 0 Å². The molecule has 0 aliphatic heterocycles. The van der Waals surface area contributed by atoms with E-state index < -0.39 is 0 Å². The maximum absolute atomic E-state index is 5.27. The summed E-state index contributed by atoms with van der Waals surface area (Å²) < 4.78 is 0.737. The Bertz CT molecular complexity index is 198. The average molecular weight is 262 g/mol. The van der Waals surface area contributed by atoms with Gasteiger partial charge in [0.25, 0.3) is 0 Å². The fourth-order valence-corrected chi connectivity index (χ4v) is 3.16. The quantitative estimate of drug-likeness (QED) is 0.558. The molecule has 0 saturated carbocycles. The topological polar surface area (TPSA) is 3.24 Å². The predicted molar refractivity (Wildman–Crippen MR) is 81.3 cm³/mol. The van der Waals surface area contributed by atoms with Gasteiger partial charge in [-0.15, -0.1) is 12.6 Å². The van der Waals surface area contributed by atoms with Crippen LogP contribution in [0.4, 0.5) is 0 Å². The van der Waals surface area contributed by atoms with Crippen molar-refractivity contribution in [3.05, 3.63) is 0 Å². The van der Waals surface area contributed by atoms with Crippen molar-refractivity contribution in [1.29, 1.82) is 0 Å². The third-order valence-corrected chi connectivity index (χ3v) is 3.24. The molecule has 0 bridgehead atoms. The Hall–Kier alpha value is 0.240. The largest absolute Gasteiger partial charge is 0.352 e. The molecule has 0 N–H and O–H groups in total. The van der Waals surface area contributed by atoms with Crippen molar-refractivity contribution >= 4 is 29.2 Å². The van der Waals surface area contributed by atoms with E-state index in [0.717, 1.165) is 4.32 Å². The molecule has 0 unspecified atom stereocenters. The molecule has 0 rings (SSSR count). The highest BCUT2D eigenvalue weighted by molar-refractivity contribution is 8.10. The fourth-order valence-electron chi connectivity index (χ4n) is 2.40. The molecule has 0 fully saturated rings. The van der Waals surface area contributed by atoms with Gasteiger partial charge in [0.15, 0.2) is 0 Å². The second kappa shape index (κ2) is 7.54. The summed E-state index contributed by atoms with van der Waals surface area (Å²) >= 11 is 9.64. The van der Waals surface area contributed by atoms with Gasteiger partial charge in [-0.1, -0.05) is 39.9 Å². The van der Waals surface area contributed by atoms with Crippen molar-refractivity contribution in [3.63, 3.8) is 0 Å². The highest BCUT2D eigenvalue weighted by atomic mass is 32.1. The molecule has 2 atom stereocenters. The van der Waals surface area contributed by atoms with Crippen LogP contribution in [0.15, 0.2) is 0 Å². The van der Waals surface area contributed by atoms with E-state index >= 15 is 0 Å². The lowest BCUT2D eigenvalue weighted by Crippen LogP contribution is -2.43. The van der Waals surface area contributed by atoms with Crippen LogP contribution in [-0.2, 0) is 0 Å². The molecule has 0 aromatic carbocycles. The van der Waals surface area contributed by atoms with Gasteiger partial charge in [0, 0.05) is 12.1 Å². The zero-order chi connectivity index (χ0) is 12.9. The second-order valence-electron chi connectivity index (χ2n) is 5.65. The first-order valence-electron chi connectivity index (χ1n) is 6.26. The Morgan fingerprint density at radius 2 is 1.25 bits per heavy atom. The molecule has 0 aromatic heterocycles. The smallest absolute Gasteiger partial charge is 0.133 e. The molecule has 0 aromatic rings. The lowest BCUT2D eigenvalue weighted by molar-refractivity contribution is 0.219. The van der Waals surface area contributed by atoms with Crippen molar-refractivity contribution in [2.24, 2.45) is 11.8 Å². The highest BCUT2D eigenvalue weighted by Crippen LogP contribution is 2.20. The molecule has 96 valence electrons. The highest BCUT2D eigenvalue weighted by Gasteiger charge is 2.22. The molecular formula is C13H27NS2. The summed E-state index contributed by atoms with van der Waals surface area (Å²) in [6.07, 6.45) is 2.34. The number of thiocarbonyl (C=S) groups is 1. The number of nitrogens with zero attached hydrogens (tertiary/aromatic N) is 1. The van der Waals surface area contributed by atoms with Crippen LogP contribution in [0.5, 0.6) is 0 Å². The van der Waals surface area contributed by atoms with Gasteiger partial charge in [-0.2, -0.15) is 0 Å². The Morgan fingerprint density at radius 3 is 1.44 bits per heavy atom. The summed E-state index contributed by atoms with van der Waals surface area (Å²) in [4.78, 5) is 2.29. The van der Waals surface area contributed by atoms with Crippen molar-refractivity contribution in [2.45, 2.75) is 66.5 Å². The second-order valence-corrected chi connectivity index (χ2v) is 6.76. The van der Waals surface area contributed by atoms with E-state index in [-0.39, 0.29) is 0 Å². The average Bonchev–Trinajstić information content (AvgIpc) is 1.98. The van der Waals surface area contributed by atoms with Gasteiger partial charge in [0.2, 0.25) is 0 Å². The molecule has 16 heavy (non-hydrogen) atoms. The maximum Gasteiger partial charge on any atom is 0.133 e. The Kier molecular flexibility index (Phi) is 7.66. The minimum atomic E-state index is 0.485. The minimum Gasteiger partial charge on any atom is -0.352 e. The summed E-state index contributed by atoms with van der Waals surface area (Å²) in [5.74, 6) is 1.40. The summed E-state index contributed by atoms with van der Waals surface area (Å²) in [6.45, 7) is 13.5. The molecule has 0 saturated heterocycles. The summed E-state index contributed by atoms with van der Waals surface area (Å²) in [6, 6.07) is 0.970. The van der Waals surface area contributed by atoms with Gasteiger partial charge >= 0.3 is 0 Å². The lowest BCUT2D eigenvalue weighted by Gasteiger charge is -2.37. The number of rotatable bonds is 6. The number of thiol groups is 1. The maximum atomic E-state index is 5.27. The summed E-state index contributed by atoms with van der Waals surface area (Å²) in [5, 5.41) is 0. The third-order valence-electron chi connectivity index (χ3n) is 2.80. The molecule has 0 spiro atoms. The number of hydrogen-bond donors (Lipinski definition) is 1. The lowest BCUT2D eigenvalue weighted by atomic mass is 9.99. The Labute approximate surface area is 112 Å². The van der Waals surface area contributed by atoms with E-state index in [1.807, 2.05) is 0 Å². The molecule has 1 nitrogen and oxygen atoms in total. The van der Waals surface area contributed by atoms with Crippen molar-refractivity contribution in [2.75, 3.05) is 0 Å². The van der Waals surface area contributed by atoms with E-state index in [0.29, 0.717) is 23.9 Å². The van der Waals surface area contributed by atoms with E-state index in [1.165, 1.54) is 12.8 Å². The predicted octanol–water partition coefficient (Wildman–Crippen LogP) is 4.37. The van der Waals surface area contributed by atoms with Gasteiger partial charge in [0.1, 0.15) is 4.32 Å². The minimum absolute atomic E-state index is 0.485. The monoisotopic (exact) mass is 261 g/mol.